The number of hydrogen-bond donors (Lipinski definition) is 1. The van der Waals surface area contributed by atoms with Gasteiger partial charge in [-0.25, -0.2) is 10.9 Å². The highest BCUT2D eigenvalue weighted by molar-refractivity contribution is 6.28. The van der Waals surface area contributed by atoms with Crippen LogP contribution < -0.4 is 5.84 Å². The number of imide groups is 1. The number of nitrogens with zero attached hydrogens (tertiary/aromatic N) is 1. The van der Waals surface area contributed by atoms with E-state index in [-0.39, 0.29) is 11.6 Å². The summed E-state index contributed by atoms with van der Waals surface area (Å²) < 4.78 is 4.74. The summed E-state index contributed by atoms with van der Waals surface area (Å²) >= 11 is 5.20. The van der Waals surface area contributed by atoms with Gasteiger partial charge in [0.1, 0.15) is 5.88 Å². The predicted octanol–water partition coefficient (Wildman–Crippen LogP) is 0.361. The second-order valence-corrected chi connectivity index (χ2v) is 2.45. The monoisotopic (exact) mass is 202 g/mol. The average Bonchev–Trinajstić information content (AvgIpc) is 2.67. The molecule has 70 valence electrons. The lowest BCUT2D eigenvalue weighted by Gasteiger charge is -2.10. The maximum Gasteiger partial charge on any atom is 0.310 e. The van der Waals surface area contributed by atoms with Gasteiger partial charge < -0.3 is 4.42 Å². The molecular weight excluding hydrogens is 196 g/mol. The van der Waals surface area contributed by atoms with Gasteiger partial charge in [-0.15, -0.1) is 11.6 Å². The first-order valence-electron chi connectivity index (χ1n) is 3.38. The molecule has 6 heteroatoms. The Bertz CT molecular complexity index is 310. The zero-order valence-corrected chi connectivity index (χ0v) is 7.32. The van der Waals surface area contributed by atoms with E-state index in [1.54, 1.807) is 0 Å². The Morgan fingerprint density at radius 2 is 2.31 bits per heavy atom. The highest BCUT2D eigenvalue weighted by atomic mass is 35.5. The summed E-state index contributed by atoms with van der Waals surface area (Å²) in [5.41, 5.74) is 0. The van der Waals surface area contributed by atoms with E-state index in [1.807, 2.05) is 0 Å². The van der Waals surface area contributed by atoms with E-state index in [0.717, 1.165) is 0 Å². The average molecular weight is 203 g/mol. The van der Waals surface area contributed by atoms with Gasteiger partial charge in [0.05, 0.1) is 6.26 Å². The van der Waals surface area contributed by atoms with Crippen LogP contribution in [0.4, 0.5) is 0 Å². The van der Waals surface area contributed by atoms with E-state index in [0.29, 0.717) is 5.01 Å². The summed E-state index contributed by atoms with van der Waals surface area (Å²) in [7, 11) is 0. The normalized spacial score (nSPS) is 9.69. The summed E-state index contributed by atoms with van der Waals surface area (Å²) in [5, 5.41) is 0.422. The van der Waals surface area contributed by atoms with Crippen LogP contribution in [0, 0.1) is 0 Å². The molecule has 0 atom stereocenters. The number of alkyl halides is 1. The maximum absolute atomic E-state index is 11.2. The van der Waals surface area contributed by atoms with Crippen LogP contribution >= 0.6 is 11.6 Å². The lowest BCUT2D eigenvalue weighted by Crippen LogP contribution is -2.43. The number of furan rings is 1. The van der Waals surface area contributed by atoms with Crippen molar-refractivity contribution in [1.29, 1.82) is 0 Å². The number of carbonyl (C=O) groups excluding carboxylic acids is 2. The number of hydrazine groups is 1. The molecule has 1 heterocycles. The summed E-state index contributed by atoms with van der Waals surface area (Å²) in [5.74, 6) is 3.42. The Labute approximate surface area is 79.0 Å². The second kappa shape index (κ2) is 4.06. The number of rotatable bonds is 2. The molecule has 0 radical (unpaired) electrons. The van der Waals surface area contributed by atoms with E-state index >= 15 is 0 Å². The van der Waals surface area contributed by atoms with Gasteiger partial charge in [-0.3, -0.25) is 9.59 Å². The molecule has 1 rings (SSSR count). The molecule has 2 N–H and O–H groups in total. The third-order valence-electron chi connectivity index (χ3n) is 1.33. The topological polar surface area (TPSA) is 76.5 Å². The quantitative estimate of drug-likeness (QED) is 0.325. The van der Waals surface area contributed by atoms with Crippen molar-refractivity contribution < 1.29 is 14.0 Å². The first kappa shape index (κ1) is 9.76. The predicted molar refractivity (Wildman–Crippen MR) is 44.8 cm³/mol. The number of halogens is 1. The van der Waals surface area contributed by atoms with Gasteiger partial charge in [-0.2, -0.15) is 0 Å². The number of nitrogens with two attached hydrogens (primary N) is 1. The molecule has 0 aliphatic carbocycles. The summed E-state index contributed by atoms with van der Waals surface area (Å²) in [6.45, 7) is 0. The van der Waals surface area contributed by atoms with Gasteiger partial charge in [-0.1, -0.05) is 0 Å². The highest BCUT2D eigenvalue weighted by Crippen LogP contribution is 2.03. The molecule has 0 fully saturated rings. The molecule has 5 nitrogen and oxygen atoms in total. The van der Waals surface area contributed by atoms with Crippen molar-refractivity contribution in [3.63, 3.8) is 0 Å². The molecule has 1 aromatic heterocycles. The first-order chi connectivity index (χ1) is 6.16. The van der Waals surface area contributed by atoms with Crippen molar-refractivity contribution in [2.24, 2.45) is 5.84 Å². The van der Waals surface area contributed by atoms with Crippen molar-refractivity contribution in [3.05, 3.63) is 24.2 Å². The van der Waals surface area contributed by atoms with E-state index in [1.165, 1.54) is 18.4 Å². The molecule has 0 aliphatic heterocycles. The Morgan fingerprint density at radius 1 is 1.62 bits per heavy atom. The zero-order valence-electron chi connectivity index (χ0n) is 6.57. The van der Waals surface area contributed by atoms with Crippen LogP contribution in [-0.4, -0.2) is 22.7 Å². The maximum atomic E-state index is 11.2. The van der Waals surface area contributed by atoms with Gasteiger partial charge >= 0.3 is 5.91 Å². The molecule has 2 amide bonds. The standard InChI is InChI=1S/C7H7ClN2O3/c8-4-6(11)10(9)7(12)5-2-1-3-13-5/h1-3H,4,9H2. The van der Waals surface area contributed by atoms with Crippen LogP contribution in [0.2, 0.25) is 0 Å². The van der Waals surface area contributed by atoms with E-state index in [9.17, 15) is 9.59 Å². The first-order valence-corrected chi connectivity index (χ1v) is 3.91. The summed E-state index contributed by atoms with van der Waals surface area (Å²) in [6, 6.07) is 2.93. The van der Waals surface area contributed by atoms with Crippen molar-refractivity contribution in [3.8, 4) is 0 Å². The smallest absolute Gasteiger partial charge is 0.310 e. The third kappa shape index (κ3) is 2.07. The molecule has 0 saturated heterocycles. The van der Waals surface area contributed by atoms with Crippen molar-refractivity contribution >= 4 is 23.4 Å². The van der Waals surface area contributed by atoms with Gasteiger partial charge in [0.25, 0.3) is 5.91 Å². The largest absolute Gasteiger partial charge is 0.459 e. The Kier molecular flexibility index (Phi) is 3.05. The minimum Gasteiger partial charge on any atom is -0.459 e. The van der Waals surface area contributed by atoms with E-state index in [2.05, 4.69) is 0 Å². The van der Waals surface area contributed by atoms with Crippen LogP contribution in [0.25, 0.3) is 0 Å². The fourth-order valence-corrected chi connectivity index (χ4v) is 0.825. The van der Waals surface area contributed by atoms with Crippen LogP contribution in [-0.2, 0) is 4.79 Å². The SMILES string of the molecule is NN(C(=O)CCl)C(=O)c1ccco1. The number of hydrogen-bond acceptors (Lipinski definition) is 4. The van der Waals surface area contributed by atoms with Gasteiger partial charge in [0, 0.05) is 0 Å². The fourth-order valence-electron chi connectivity index (χ4n) is 0.697. The van der Waals surface area contributed by atoms with Gasteiger partial charge in [-0.05, 0) is 12.1 Å². The molecule has 0 unspecified atom stereocenters. The Hall–Kier alpha value is -1.33. The second-order valence-electron chi connectivity index (χ2n) is 2.18. The molecular formula is C7H7ClN2O3. The molecule has 1 aromatic rings. The van der Waals surface area contributed by atoms with Crippen molar-refractivity contribution in [2.45, 2.75) is 0 Å². The molecule has 0 saturated carbocycles. The molecule has 0 bridgehead atoms. The molecule has 0 spiro atoms. The molecule has 13 heavy (non-hydrogen) atoms. The Balaban J connectivity index is 2.74. The van der Waals surface area contributed by atoms with Gasteiger partial charge in [0.15, 0.2) is 5.76 Å². The minimum atomic E-state index is -0.712. The van der Waals surface area contributed by atoms with Crippen molar-refractivity contribution in [2.75, 3.05) is 5.88 Å². The summed E-state index contributed by atoms with van der Waals surface area (Å²) in [4.78, 5) is 22.1. The van der Waals surface area contributed by atoms with Gasteiger partial charge in [0.2, 0.25) is 0 Å². The lowest BCUT2D eigenvalue weighted by atomic mass is 10.4. The van der Waals surface area contributed by atoms with Crippen molar-refractivity contribution in [1.82, 2.24) is 5.01 Å². The lowest BCUT2D eigenvalue weighted by molar-refractivity contribution is -0.126. The van der Waals surface area contributed by atoms with E-state index < -0.39 is 11.8 Å². The van der Waals surface area contributed by atoms with Crippen LogP contribution in [0.3, 0.4) is 0 Å². The van der Waals surface area contributed by atoms with Crippen LogP contribution in [0.15, 0.2) is 22.8 Å². The van der Waals surface area contributed by atoms with Crippen LogP contribution in [0.5, 0.6) is 0 Å². The highest BCUT2D eigenvalue weighted by Gasteiger charge is 2.20. The molecule has 0 aromatic carbocycles. The fraction of sp³-hybridized carbons (Fsp3) is 0.143. The molecule has 0 aliphatic rings. The summed E-state index contributed by atoms with van der Waals surface area (Å²) in [6.07, 6.45) is 1.31. The third-order valence-corrected chi connectivity index (χ3v) is 1.56. The number of carbonyl (C=O) groups is 2. The number of amides is 2. The minimum absolute atomic E-state index is 0.000895. The Morgan fingerprint density at radius 3 is 2.77 bits per heavy atom. The van der Waals surface area contributed by atoms with Crippen LogP contribution in [0.1, 0.15) is 10.6 Å². The zero-order chi connectivity index (χ0) is 9.84. The van der Waals surface area contributed by atoms with E-state index in [4.69, 9.17) is 21.9 Å².